The van der Waals surface area contributed by atoms with Crippen molar-refractivity contribution in [2.75, 3.05) is 6.54 Å². The highest BCUT2D eigenvalue weighted by atomic mass is 32.2. The SMILES string of the molecule is CCCNCc1cccc(SCc2c(C)noc2C)c1. The first-order valence-corrected chi connectivity index (χ1v) is 8.03. The van der Waals surface area contributed by atoms with Gasteiger partial charge in [-0.05, 0) is 44.5 Å². The lowest BCUT2D eigenvalue weighted by Gasteiger charge is -2.06. The summed E-state index contributed by atoms with van der Waals surface area (Å²) in [6.45, 7) is 8.16. The molecule has 0 amide bonds. The first-order chi connectivity index (χ1) is 9.70. The molecule has 1 N–H and O–H groups in total. The minimum Gasteiger partial charge on any atom is -0.361 e. The molecule has 2 rings (SSSR count). The predicted octanol–water partition coefficient (Wildman–Crippen LogP) is 4.08. The molecule has 1 aromatic heterocycles. The van der Waals surface area contributed by atoms with Gasteiger partial charge >= 0.3 is 0 Å². The van der Waals surface area contributed by atoms with E-state index in [0.29, 0.717) is 0 Å². The fraction of sp³-hybridized carbons (Fsp3) is 0.438. The molecule has 4 heteroatoms. The molecule has 1 aromatic carbocycles. The van der Waals surface area contributed by atoms with Crippen molar-refractivity contribution >= 4 is 11.8 Å². The van der Waals surface area contributed by atoms with E-state index in [1.807, 2.05) is 25.6 Å². The Morgan fingerprint density at radius 3 is 2.85 bits per heavy atom. The average Bonchev–Trinajstić information content (AvgIpc) is 2.77. The van der Waals surface area contributed by atoms with E-state index in [1.165, 1.54) is 22.4 Å². The van der Waals surface area contributed by atoms with Crippen molar-refractivity contribution < 1.29 is 4.52 Å². The Labute approximate surface area is 125 Å². The third kappa shape index (κ3) is 4.12. The summed E-state index contributed by atoms with van der Waals surface area (Å²) >= 11 is 1.83. The summed E-state index contributed by atoms with van der Waals surface area (Å²) in [6.07, 6.45) is 1.17. The van der Waals surface area contributed by atoms with Crippen LogP contribution in [0.2, 0.25) is 0 Å². The van der Waals surface area contributed by atoms with Crippen LogP contribution in [-0.4, -0.2) is 11.7 Å². The zero-order chi connectivity index (χ0) is 14.4. The van der Waals surface area contributed by atoms with E-state index in [9.17, 15) is 0 Å². The highest BCUT2D eigenvalue weighted by Crippen LogP contribution is 2.26. The van der Waals surface area contributed by atoms with Crippen LogP contribution in [0.3, 0.4) is 0 Å². The molecule has 0 bridgehead atoms. The van der Waals surface area contributed by atoms with Crippen LogP contribution in [0.25, 0.3) is 0 Å². The van der Waals surface area contributed by atoms with Crippen LogP contribution in [0.15, 0.2) is 33.7 Å². The van der Waals surface area contributed by atoms with Crippen LogP contribution in [0.1, 0.15) is 35.9 Å². The number of aromatic nitrogens is 1. The van der Waals surface area contributed by atoms with Gasteiger partial charge in [0.1, 0.15) is 5.76 Å². The highest BCUT2D eigenvalue weighted by molar-refractivity contribution is 7.98. The molecule has 0 aliphatic rings. The normalized spacial score (nSPS) is 10.9. The summed E-state index contributed by atoms with van der Waals surface area (Å²) < 4.78 is 5.20. The molecule has 0 aliphatic carbocycles. The van der Waals surface area contributed by atoms with E-state index in [1.54, 1.807) is 0 Å². The molecule has 0 spiro atoms. The second-order valence-corrected chi connectivity index (χ2v) is 5.96. The molecule has 2 aromatic rings. The smallest absolute Gasteiger partial charge is 0.137 e. The zero-order valence-corrected chi connectivity index (χ0v) is 13.2. The predicted molar refractivity (Wildman–Crippen MR) is 84.0 cm³/mol. The third-order valence-electron chi connectivity index (χ3n) is 3.22. The topological polar surface area (TPSA) is 38.1 Å². The molecule has 0 radical (unpaired) electrons. The molecule has 0 unspecified atom stereocenters. The van der Waals surface area contributed by atoms with E-state index in [2.05, 4.69) is 41.7 Å². The monoisotopic (exact) mass is 290 g/mol. The first kappa shape index (κ1) is 15.1. The van der Waals surface area contributed by atoms with Gasteiger partial charge in [0, 0.05) is 22.8 Å². The second-order valence-electron chi connectivity index (χ2n) is 4.92. The summed E-state index contributed by atoms with van der Waals surface area (Å²) in [5.41, 5.74) is 3.54. The van der Waals surface area contributed by atoms with Gasteiger partial charge in [0.25, 0.3) is 0 Å². The van der Waals surface area contributed by atoms with E-state index in [4.69, 9.17) is 4.52 Å². The van der Waals surface area contributed by atoms with Gasteiger partial charge in [0.2, 0.25) is 0 Å². The first-order valence-electron chi connectivity index (χ1n) is 7.05. The Morgan fingerprint density at radius 2 is 2.15 bits per heavy atom. The van der Waals surface area contributed by atoms with Gasteiger partial charge in [-0.2, -0.15) is 0 Å². The van der Waals surface area contributed by atoms with Crippen molar-refractivity contribution in [1.82, 2.24) is 10.5 Å². The van der Waals surface area contributed by atoms with Crippen molar-refractivity contribution in [3.8, 4) is 0 Å². The number of nitrogens with zero attached hydrogens (tertiary/aromatic N) is 1. The molecular formula is C16H22N2OS. The number of benzene rings is 1. The van der Waals surface area contributed by atoms with Crippen molar-refractivity contribution in [3.05, 3.63) is 46.8 Å². The van der Waals surface area contributed by atoms with E-state index < -0.39 is 0 Å². The third-order valence-corrected chi connectivity index (χ3v) is 4.24. The standard InChI is InChI=1S/C16H22N2OS/c1-4-8-17-10-14-6-5-7-15(9-14)20-11-16-12(2)18-19-13(16)3/h5-7,9,17H,4,8,10-11H2,1-3H3. The molecule has 20 heavy (non-hydrogen) atoms. The van der Waals surface area contributed by atoms with Crippen LogP contribution in [0.4, 0.5) is 0 Å². The number of nitrogens with one attached hydrogen (secondary N) is 1. The van der Waals surface area contributed by atoms with Gasteiger partial charge in [-0.3, -0.25) is 0 Å². The van der Waals surface area contributed by atoms with Gasteiger partial charge in [-0.25, -0.2) is 0 Å². The fourth-order valence-corrected chi connectivity index (χ4v) is 3.15. The van der Waals surface area contributed by atoms with Gasteiger partial charge in [0.05, 0.1) is 5.69 Å². The molecular weight excluding hydrogens is 268 g/mol. The molecule has 1 heterocycles. The molecule has 0 aliphatic heterocycles. The fourth-order valence-electron chi connectivity index (χ4n) is 2.02. The number of thioether (sulfide) groups is 1. The minimum absolute atomic E-state index is 0.910. The number of rotatable bonds is 7. The van der Waals surface area contributed by atoms with Crippen LogP contribution in [0.5, 0.6) is 0 Å². The lowest BCUT2D eigenvalue weighted by atomic mass is 10.2. The summed E-state index contributed by atoms with van der Waals surface area (Å²) in [7, 11) is 0. The molecule has 3 nitrogen and oxygen atoms in total. The van der Waals surface area contributed by atoms with E-state index >= 15 is 0 Å². The van der Waals surface area contributed by atoms with Crippen molar-refractivity contribution in [2.24, 2.45) is 0 Å². The average molecular weight is 290 g/mol. The Morgan fingerprint density at radius 1 is 1.30 bits per heavy atom. The summed E-state index contributed by atoms with van der Waals surface area (Å²) in [5, 5.41) is 7.43. The van der Waals surface area contributed by atoms with Crippen LogP contribution in [0, 0.1) is 13.8 Å². The minimum atomic E-state index is 0.910. The maximum Gasteiger partial charge on any atom is 0.137 e. The van der Waals surface area contributed by atoms with Gasteiger partial charge in [0.15, 0.2) is 0 Å². The summed E-state index contributed by atoms with van der Waals surface area (Å²) in [5.74, 6) is 1.84. The molecule has 0 atom stereocenters. The number of hydrogen-bond acceptors (Lipinski definition) is 4. The van der Waals surface area contributed by atoms with Gasteiger partial charge < -0.3 is 9.84 Å². The van der Waals surface area contributed by atoms with E-state index in [-0.39, 0.29) is 0 Å². The summed E-state index contributed by atoms with van der Waals surface area (Å²) in [6, 6.07) is 8.71. The number of aryl methyl sites for hydroxylation is 2. The number of hydrogen-bond donors (Lipinski definition) is 1. The van der Waals surface area contributed by atoms with E-state index in [0.717, 1.165) is 30.3 Å². The van der Waals surface area contributed by atoms with Crippen molar-refractivity contribution in [3.63, 3.8) is 0 Å². The van der Waals surface area contributed by atoms with Crippen molar-refractivity contribution in [1.29, 1.82) is 0 Å². The zero-order valence-electron chi connectivity index (χ0n) is 12.4. The highest BCUT2D eigenvalue weighted by Gasteiger charge is 2.09. The second kappa shape index (κ2) is 7.50. The maximum absolute atomic E-state index is 5.20. The van der Waals surface area contributed by atoms with Crippen LogP contribution >= 0.6 is 11.8 Å². The van der Waals surface area contributed by atoms with Crippen LogP contribution in [-0.2, 0) is 12.3 Å². The maximum atomic E-state index is 5.20. The van der Waals surface area contributed by atoms with Crippen molar-refractivity contribution in [2.45, 2.75) is 44.4 Å². The van der Waals surface area contributed by atoms with Gasteiger partial charge in [-0.15, -0.1) is 11.8 Å². The molecule has 0 saturated carbocycles. The Kier molecular flexibility index (Phi) is 5.68. The molecule has 0 fully saturated rings. The lowest BCUT2D eigenvalue weighted by Crippen LogP contribution is -2.13. The Hall–Kier alpha value is -1.26. The summed E-state index contributed by atoms with van der Waals surface area (Å²) in [4.78, 5) is 1.29. The van der Waals surface area contributed by atoms with Crippen LogP contribution < -0.4 is 5.32 Å². The van der Waals surface area contributed by atoms with Gasteiger partial charge in [-0.1, -0.05) is 24.2 Å². The Bertz CT molecular complexity index is 532. The molecule has 108 valence electrons. The lowest BCUT2D eigenvalue weighted by molar-refractivity contribution is 0.392. The molecule has 0 saturated heterocycles. The largest absolute Gasteiger partial charge is 0.361 e. The quantitative estimate of drug-likeness (QED) is 0.616. The Balaban J connectivity index is 1.94.